The molecule has 0 saturated heterocycles. The molecule has 3 rings (SSSR count). The van der Waals surface area contributed by atoms with E-state index >= 15 is 0 Å². The van der Waals surface area contributed by atoms with Crippen LogP contribution in [0.2, 0.25) is 0 Å². The van der Waals surface area contributed by atoms with Crippen molar-refractivity contribution in [3.8, 4) is 17.6 Å². The van der Waals surface area contributed by atoms with E-state index in [1.165, 1.54) is 5.54 Å². The second-order valence-corrected chi connectivity index (χ2v) is 7.71. The van der Waals surface area contributed by atoms with E-state index in [0.29, 0.717) is 17.1 Å². The van der Waals surface area contributed by atoms with Gasteiger partial charge in [0.15, 0.2) is 0 Å². The normalized spacial score (nSPS) is 20.9. The Balaban J connectivity index is 1.64. The van der Waals surface area contributed by atoms with Gasteiger partial charge in [0.1, 0.15) is 17.6 Å². The molecule has 1 fully saturated rings. The number of halogens is 1. The van der Waals surface area contributed by atoms with E-state index in [4.69, 9.17) is 21.1 Å². The van der Waals surface area contributed by atoms with Crippen LogP contribution in [0, 0.1) is 28.6 Å². The largest absolute Gasteiger partial charge is 0.457 e. The molecule has 0 heterocycles. The summed E-state index contributed by atoms with van der Waals surface area (Å²) in [5.74, 6) is 1.31. The van der Waals surface area contributed by atoms with Crippen molar-refractivity contribution in [2.45, 2.75) is 26.4 Å². The van der Waals surface area contributed by atoms with Crippen LogP contribution in [0.5, 0.6) is 11.5 Å². The van der Waals surface area contributed by atoms with Gasteiger partial charge < -0.3 is 9.47 Å². The Labute approximate surface area is 170 Å². The number of carbonyl (C=O) groups excluding carboxylic acids is 1. The van der Waals surface area contributed by atoms with Gasteiger partial charge in [-0.15, -0.1) is 0 Å². The second-order valence-electron chi connectivity index (χ2n) is 7.46. The third-order valence-corrected chi connectivity index (χ3v) is 5.46. The van der Waals surface area contributed by atoms with Crippen molar-refractivity contribution < 1.29 is 14.3 Å². The highest BCUT2D eigenvalue weighted by atomic mass is 35.5. The van der Waals surface area contributed by atoms with E-state index in [0.717, 1.165) is 0 Å². The zero-order valence-corrected chi connectivity index (χ0v) is 16.6. The summed E-state index contributed by atoms with van der Waals surface area (Å²) in [4.78, 5) is 12.4. The number of esters is 1. The monoisotopic (exact) mass is 395 g/mol. The van der Waals surface area contributed by atoms with Gasteiger partial charge in [-0.2, -0.15) is 5.26 Å². The van der Waals surface area contributed by atoms with Gasteiger partial charge >= 0.3 is 5.97 Å². The van der Waals surface area contributed by atoms with Gasteiger partial charge in [-0.3, -0.25) is 4.79 Å². The van der Waals surface area contributed by atoms with Crippen molar-refractivity contribution in [3.63, 3.8) is 0 Å². The Kier molecular flexibility index (Phi) is 6.06. The summed E-state index contributed by atoms with van der Waals surface area (Å²) in [6.45, 7) is 4.19. The van der Waals surface area contributed by atoms with E-state index in [9.17, 15) is 10.1 Å². The summed E-state index contributed by atoms with van der Waals surface area (Å²) in [6, 6.07) is 18.4. The highest BCUT2D eigenvalue weighted by Gasteiger charge is 2.56. The van der Waals surface area contributed by atoms with Gasteiger partial charge in [-0.25, -0.2) is 0 Å². The van der Waals surface area contributed by atoms with Crippen molar-refractivity contribution in [1.29, 1.82) is 5.26 Å². The molecule has 2 aromatic rings. The van der Waals surface area contributed by atoms with Gasteiger partial charge in [0.2, 0.25) is 6.10 Å². The smallest absolute Gasteiger partial charge is 0.307 e. The maximum atomic E-state index is 12.4. The molecule has 1 unspecified atom stereocenters. The lowest BCUT2D eigenvalue weighted by molar-refractivity contribution is -0.147. The molecule has 0 aliphatic heterocycles. The predicted molar refractivity (Wildman–Crippen MR) is 108 cm³/mol. The predicted octanol–water partition coefficient (Wildman–Crippen LogP) is 6.00. The Morgan fingerprint density at radius 2 is 1.93 bits per heavy atom. The van der Waals surface area contributed by atoms with Crippen LogP contribution in [-0.4, -0.2) is 5.97 Å². The van der Waals surface area contributed by atoms with Crippen molar-refractivity contribution in [1.82, 2.24) is 0 Å². The minimum absolute atomic E-state index is 0.00991. The van der Waals surface area contributed by atoms with E-state index < -0.39 is 6.10 Å². The van der Waals surface area contributed by atoms with Gasteiger partial charge in [0.05, 0.1) is 0 Å². The number of para-hydroxylation sites is 1. The highest BCUT2D eigenvalue weighted by Crippen LogP contribution is 2.60. The fourth-order valence-corrected chi connectivity index (χ4v) is 3.69. The molecule has 0 radical (unpaired) electrons. The summed E-state index contributed by atoms with van der Waals surface area (Å²) in [5, 5.41) is 9.50. The van der Waals surface area contributed by atoms with Crippen LogP contribution in [0.15, 0.2) is 66.2 Å². The van der Waals surface area contributed by atoms with Crippen molar-refractivity contribution >= 4 is 17.6 Å². The van der Waals surface area contributed by atoms with Crippen molar-refractivity contribution in [2.24, 2.45) is 17.3 Å². The van der Waals surface area contributed by atoms with E-state index in [2.05, 4.69) is 19.9 Å². The molecule has 0 N–H and O–H groups in total. The first kappa shape index (κ1) is 20.0. The number of ether oxygens (including phenoxy) is 2. The number of benzene rings is 2. The maximum absolute atomic E-state index is 12.4. The quantitative estimate of drug-likeness (QED) is 0.539. The third-order valence-electron chi connectivity index (χ3n) is 5.31. The molecule has 0 bridgehead atoms. The SMILES string of the molecule is CC1(C)[C@H](/C=C/Cl)[C@@H]1CC(=O)OC(C#N)c1cccc(Oc2ccccc2)c1. The molecule has 5 heteroatoms. The Bertz CT molecular complexity index is 902. The third kappa shape index (κ3) is 4.55. The van der Waals surface area contributed by atoms with Gasteiger partial charge in [-0.05, 0) is 41.5 Å². The Morgan fingerprint density at radius 1 is 1.21 bits per heavy atom. The molecule has 1 aliphatic rings. The first-order valence-electron chi connectivity index (χ1n) is 9.14. The zero-order valence-electron chi connectivity index (χ0n) is 15.8. The fraction of sp³-hybridized carbons (Fsp3) is 0.304. The Hall–Kier alpha value is -2.77. The van der Waals surface area contributed by atoms with Gasteiger partial charge in [0.25, 0.3) is 0 Å². The summed E-state index contributed by atoms with van der Waals surface area (Å²) >= 11 is 5.67. The molecule has 1 saturated carbocycles. The number of nitrogens with zero attached hydrogens (tertiary/aromatic N) is 1. The molecule has 4 nitrogen and oxygen atoms in total. The van der Waals surface area contributed by atoms with Crippen LogP contribution >= 0.6 is 11.6 Å². The van der Waals surface area contributed by atoms with Crippen molar-refractivity contribution in [3.05, 3.63) is 71.8 Å². The summed E-state index contributed by atoms with van der Waals surface area (Å²) in [6.07, 6.45) is 1.19. The minimum Gasteiger partial charge on any atom is -0.457 e. The van der Waals surface area contributed by atoms with Crippen LogP contribution < -0.4 is 4.74 Å². The van der Waals surface area contributed by atoms with Crippen LogP contribution in [0.4, 0.5) is 0 Å². The second kappa shape index (κ2) is 8.50. The summed E-state index contributed by atoms with van der Waals surface area (Å²) in [7, 11) is 0. The number of hydrogen-bond donors (Lipinski definition) is 0. The molecular weight excluding hydrogens is 374 g/mol. The maximum Gasteiger partial charge on any atom is 0.307 e. The average Bonchev–Trinajstić information content (AvgIpc) is 3.19. The zero-order chi connectivity index (χ0) is 20.1. The molecule has 2 aromatic carbocycles. The van der Waals surface area contributed by atoms with Crippen molar-refractivity contribution in [2.75, 3.05) is 0 Å². The number of nitriles is 1. The summed E-state index contributed by atoms with van der Waals surface area (Å²) < 4.78 is 11.2. The van der Waals surface area contributed by atoms with E-state index in [1.807, 2.05) is 36.4 Å². The lowest BCUT2D eigenvalue weighted by Crippen LogP contribution is -2.12. The topological polar surface area (TPSA) is 59.3 Å². The van der Waals surface area contributed by atoms with E-state index in [1.54, 1.807) is 24.3 Å². The van der Waals surface area contributed by atoms with Crippen LogP contribution in [-0.2, 0) is 9.53 Å². The number of allylic oxidation sites excluding steroid dienone is 1. The first-order chi connectivity index (χ1) is 13.5. The molecule has 0 aromatic heterocycles. The number of hydrogen-bond acceptors (Lipinski definition) is 4. The van der Waals surface area contributed by atoms with E-state index in [-0.39, 0.29) is 29.6 Å². The van der Waals surface area contributed by atoms with Gasteiger partial charge in [0, 0.05) is 17.5 Å². The molecule has 0 amide bonds. The Morgan fingerprint density at radius 3 is 2.61 bits per heavy atom. The molecular formula is C23H22ClNO3. The lowest BCUT2D eigenvalue weighted by Gasteiger charge is -2.13. The molecule has 1 aliphatic carbocycles. The van der Waals surface area contributed by atoms with Gasteiger partial charge in [-0.1, -0.05) is 61.9 Å². The molecule has 3 atom stereocenters. The van der Waals surface area contributed by atoms with Crippen LogP contribution in [0.1, 0.15) is 31.9 Å². The number of rotatable bonds is 7. The first-order valence-corrected chi connectivity index (χ1v) is 9.58. The minimum atomic E-state index is -0.976. The average molecular weight is 396 g/mol. The van der Waals surface area contributed by atoms with Crippen LogP contribution in [0.3, 0.4) is 0 Å². The van der Waals surface area contributed by atoms with Crippen LogP contribution in [0.25, 0.3) is 0 Å². The number of carbonyl (C=O) groups is 1. The molecule has 144 valence electrons. The highest BCUT2D eigenvalue weighted by molar-refractivity contribution is 6.25. The molecule has 28 heavy (non-hydrogen) atoms. The fourth-order valence-electron chi connectivity index (χ4n) is 3.53. The summed E-state index contributed by atoms with van der Waals surface area (Å²) in [5.41, 5.74) is 2.08. The molecule has 0 spiro atoms. The standard InChI is InChI=1S/C23H22ClNO3/c1-23(2)19(11-12-24)20(23)14-22(26)28-21(15-25)16-7-6-10-18(13-16)27-17-8-4-3-5-9-17/h3-13,19-21H,14H2,1-2H3/b12-11+/t19-,20+,21?/m1/s1. The lowest BCUT2D eigenvalue weighted by atomic mass is 10.1.